The van der Waals surface area contributed by atoms with E-state index in [1.807, 2.05) is 12.1 Å². The molecule has 2 aliphatic heterocycles. The van der Waals surface area contributed by atoms with Crippen LogP contribution in [-0.4, -0.2) is 70.0 Å². The highest BCUT2D eigenvalue weighted by atomic mass is 32.2. The molecule has 15 heteroatoms. The SMILES string of the molecule is CC(=O)Nc1ccc(S(=O)(=O)N2CCc3ccccc3[C@@H]2CC(=O)OCC(=O)Nc2cc(C(F)(F)F)ccc2N2CCOCC2)cc1. The van der Waals surface area contributed by atoms with Gasteiger partial charge in [0.15, 0.2) is 6.61 Å². The number of morpholine rings is 1. The predicted molar refractivity (Wildman–Crippen MR) is 166 cm³/mol. The van der Waals surface area contributed by atoms with E-state index in [4.69, 9.17) is 9.47 Å². The van der Waals surface area contributed by atoms with Crippen LogP contribution in [0.4, 0.5) is 30.2 Å². The Morgan fingerprint density at radius 2 is 1.66 bits per heavy atom. The van der Waals surface area contributed by atoms with Gasteiger partial charge < -0.3 is 25.0 Å². The smallest absolute Gasteiger partial charge is 0.416 e. The molecule has 1 fully saturated rings. The summed E-state index contributed by atoms with van der Waals surface area (Å²) < 4.78 is 79.7. The predicted octanol–water partition coefficient (Wildman–Crippen LogP) is 4.36. The van der Waals surface area contributed by atoms with Gasteiger partial charge in [0.2, 0.25) is 15.9 Å². The van der Waals surface area contributed by atoms with Gasteiger partial charge in [0.25, 0.3) is 5.91 Å². The van der Waals surface area contributed by atoms with Crippen molar-refractivity contribution in [3.8, 4) is 0 Å². The van der Waals surface area contributed by atoms with E-state index in [1.165, 1.54) is 41.6 Å². The molecule has 3 aromatic rings. The third kappa shape index (κ3) is 8.10. The number of fused-ring (bicyclic) bond motifs is 1. The molecule has 47 heavy (non-hydrogen) atoms. The summed E-state index contributed by atoms with van der Waals surface area (Å²) in [7, 11) is -4.12. The molecule has 11 nitrogen and oxygen atoms in total. The molecule has 5 rings (SSSR count). The molecule has 0 aliphatic carbocycles. The van der Waals surface area contributed by atoms with E-state index in [-0.39, 0.29) is 23.0 Å². The zero-order valence-corrected chi connectivity index (χ0v) is 26.2. The Morgan fingerprint density at radius 3 is 2.34 bits per heavy atom. The van der Waals surface area contributed by atoms with Crippen LogP contribution in [0.5, 0.6) is 0 Å². The molecule has 2 heterocycles. The molecule has 2 aliphatic rings. The highest BCUT2D eigenvalue weighted by Gasteiger charge is 2.38. The number of halogens is 3. The molecular formula is C32H33F3N4O7S. The largest absolute Gasteiger partial charge is 0.456 e. The minimum atomic E-state index is -4.65. The van der Waals surface area contributed by atoms with Gasteiger partial charge in [-0.05, 0) is 60.0 Å². The number of sulfonamides is 1. The molecule has 0 saturated carbocycles. The number of nitrogens with zero attached hydrogens (tertiary/aromatic N) is 2. The summed E-state index contributed by atoms with van der Waals surface area (Å²) in [6.45, 7) is 2.15. The molecule has 2 amide bonds. The summed E-state index contributed by atoms with van der Waals surface area (Å²) in [5.41, 5.74) is 1.20. The van der Waals surface area contributed by atoms with Crippen LogP contribution < -0.4 is 15.5 Å². The number of nitrogens with one attached hydrogen (secondary N) is 2. The second-order valence-corrected chi connectivity index (χ2v) is 12.9. The van der Waals surface area contributed by atoms with Crippen LogP contribution >= 0.6 is 0 Å². The maximum absolute atomic E-state index is 13.8. The molecule has 2 N–H and O–H groups in total. The zero-order chi connectivity index (χ0) is 33.8. The number of anilines is 3. The molecule has 0 unspecified atom stereocenters. The number of esters is 1. The Hall–Kier alpha value is -4.47. The molecule has 1 atom stereocenters. The number of alkyl halides is 3. The van der Waals surface area contributed by atoms with Gasteiger partial charge in [-0.3, -0.25) is 14.4 Å². The first-order chi connectivity index (χ1) is 22.3. The van der Waals surface area contributed by atoms with E-state index in [0.29, 0.717) is 49.7 Å². The first kappa shape index (κ1) is 33.9. The minimum absolute atomic E-state index is 0.0408. The van der Waals surface area contributed by atoms with E-state index in [1.54, 1.807) is 17.0 Å². The highest BCUT2D eigenvalue weighted by molar-refractivity contribution is 7.89. The lowest BCUT2D eigenvalue weighted by Gasteiger charge is -2.36. The van der Waals surface area contributed by atoms with Gasteiger partial charge in [0.1, 0.15) is 0 Å². The standard InChI is InChI=1S/C32H33F3N4O7S/c1-21(40)36-24-7-9-25(10-8-24)47(43,44)39-13-12-22-4-2-3-5-26(22)29(39)19-31(42)46-20-30(41)37-27-18-23(32(33,34)35)6-11-28(27)38-14-16-45-17-15-38/h2-11,18,29H,12-17,19-20H2,1H3,(H,36,40)(H,37,41)/t29-/m0/s1. The number of hydrogen-bond donors (Lipinski definition) is 2. The van der Waals surface area contributed by atoms with Gasteiger partial charge in [0.05, 0.1) is 47.5 Å². The van der Waals surface area contributed by atoms with Gasteiger partial charge in [-0.15, -0.1) is 0 Å². The summed E-state index contributed by atoms with van der Waals surface area (Å²) in [5.74, 6) is -2.05. The van der Waals surface area contributed by atoms with Crippen molar-refractivity contribution in [3.63, 3.8) is 0 Å². The van der Waals surface area contributed by atoms with Crippen molar-refractivity contribution < 1.29 is 45.4 Å². The number of carbonyl (C=O) groups excluding carboxylic acids is 3. The number of hydrogen-bond acceptors (Lipinski definition) is 8. The number of rotatable bonds is 9. The van der Waals surface area contributed by atoms with Gasteiger partial charge in [-0.1, -0.05) is 24.3 Å². The van der Waals surface area contributed by atoms with Crippen molar-refractivity contribution in [2.45, 2.75) is 36.9 Å². The van der Waals surface area contributed by atoms with Crippen LogP contribution in [0.2, 0.25) is 0 Å². The van der Waals surface area contributed by atoms with Gasteiger partial charge in [0, 0.05) is 32.2 Å². The Labute approximate surface area is 269 Å². The molecule has 1 saturated heterocycles. The fourth-order valence-corrected chi connectivity index (χ4v) is 7.22. The fraction of sp³-hybridized carbons (Fsp3) is 0.344. The van der Waals surface area contributed by atoms with E-state index >= 15 is 0 Å². The monoisotopic (exact) mass is 674 g/mol. The quantitative estimate of drug-likeness (QED) is 0.320. The second-order valence-electron chi connectivity index (χ2n) is 11.0. The normalized spacial score (nSPS) is 17.0. The first-order valence-corrected chi connectivity index (χ1v) is 16.2. The average Bonchev–Trinajstić information content (AvgIpc) is 3.04. The molecular weight excluding hydrogens is 641 g/mol. The highest BCUT2D eigenvalue weighted by Crippen LogP contribution is 2.38. The fourth-order valence-electron chi connectivity index (χ4n) is 5.62. The van der Waals surface area contributed by atoms with Gasteiger partial charge >= 0.3 is 12.1 Å². The summed E-state index contributed by atoms with van der Waals surface area (Å²) in [4.78, 5) is 39.1. The first-order valence-electron chi connectivity index (χ1n) is 14.8. The third-order valence-corrected chi connectivity index (χ3v) is 9.74. The number of benzene rings is 3. The molecule has 0 spiro atoms. The maximum atomic E-state index is 13.8. The topological polar surface area (TPSA) is 134 Å². The minimum Gasteiger partial charge on any atom is -0.456 e. The van der Waals surface area contributed by atoms with Crippen molar-refractivity contribution in [3.05, 3.63) is 83.4 Å². The van der Waals surface area contributed by atoms with Crippen molar-refractivity contribution >= 4 is 44.9 Å². The Balaban J connectivity index is 1.31. The zero-order valence-electron chi connectivity index (χ0n) is 25.4. The molecule has 250 valence electrons. The Bertz CT molecular complexity index is 1740. The summed E-state index contributed by atoms with van der Waals surface area (Å²) in [6, 6.07) is 14.8. The molecule has 0 radical (unpaired) electrons. The van der Waals surface area contributed by atoms with Crippen LogP contribution in [0.15, 0.2) is 71.6 Å². The summed E-state index contributed by atoms with van der Waals surface area (Å²) in [6.07, 6.45) is -4.67. The van der Waals surface area contributed by atoms with Crippen LogP contribution in [-0.2, 0) is 46.5 Å². The lowest BCUT2D eigenvalue weighted by Crippen LogP contribution is -2.41. The number of amides is 2. The van der Waals surface area contributed by atoms with Crippen molar-refractivity contribution in [2.24, 2.45) is 0 Å². The third-order valence-electron chi connectivity index (χ3n) is 7.82. The molecule has 3 aromatic carbocycles. The molecule has 0 aromatic heterocycles. The Kier molecular flexibility index (Phi) is 10.2. The lowest BCUT2D eigenvalue weighted by molar-refractivity contribution is -0.148. The maximum Gasteiger partial charge on any atom is 0.416 e. The van der Waals surface area contributed by atoms with Crippen molar-refractivity contribution in [2.75, 3.05) is 55.0 Å². The van der Waals surface area contributed by atoms with E-state index < -0.39 is 52.7 Å². The lowest BCUT2D eigenvalue weighted by atomic mass is 9.92. The van der Waals surface area contributed by atoms with Crippen LogP contribution in [0.25, 0.3) is 0 Å². The summed E-state index contributed by atoms with van der Waals surface area (Å²) >= 11 is 0. The van der Waals surface area contributed by atoms with Gasteiger partial charge in [-0.2, -0.15) is 17.5 Å². The van der Waals surface area contributed by atoms with E-state index in [9.17, 15) is 36.0 Å². The van der Waals surface area contributed by atoms with Gasteiger partial charge in [-0.25, -0.2) is 8.42 Å². The molecule has 0 bridgehead atoms. The Morgan fingerprint density at radius 1 is 0.957 bits per heavy atom. The second kappa shape index (κ2) is 14.1. The summed E-state index contributed by atoms with van der Waals surface area (Å²) in [5, 5.41) is 5.01. The van der Waals surface area contributed by atoms with Crippen molar-refractivity contribution in [1.29, 1.82) is 0 Å². The van der Waals surface area contributed by atoms with E-state index in [0.717, 1.165) is 17.7 Å². The average molecular weight is 675 g/mol. The number of ether oxygens (including phenoxy) is 2. The van der Waals surface area contributed by atoms with Crippen molar-refractivity contribution in [1.82, 2.24) is 4.31 Å². The van der Waals surface area contributed by atoms with Crippen LogP contribution in [0, 0.1) is 0 Å². The number of carbonyl (C=O) groups is 3. The van der Waals surface area contributed by atoms with Crippen LogP contribution in [0.1, 0.15) is 36.1 Å². The van der Waals surface area contributed by atoms with Crippen LogP contribution in [0.3, 0.4) is 0 Å². The van der Waals surface area contributed by atoms with E-state index in [2.05, 4.69) is 10.6 Å².